The van der Waals surface area contributed by atoms with Gasteiger partial charge in [-0.1, -0.05) is 19.1 Å². The number of nitrogens with zero attached hydrogens (tertiary/aromatic N) is 3. The number of benzene rings is 1. The van der Waals surface area contributed by atoms with Crippen molar-refractivity contribution in [2.24, 2.45) is 5.92 Å². The number of carbonyl (C=O) groups excluding carboxylic acids is 3. The van der Waals surface area contributed by atoms with Crippen molar-refractivity contribution in [3.63, 3.8) is 0 Å². The van der Waals surface area contributed by atoms with E-state index in [1.807, 2.05) is 51.1 Å². The Bertz CT molecular complexity index is 2230. The van der Waals surface area contributed by atoms with E-state index >= 15 is 0 Å². The summed E-state index contributed by atoms with van der Waals surface area (Å²) in [6, 6.07) is 8.39. The average Bonchev–Trinajstić information content (AvgIpc) is 3.95. The predicted molar refractivity (Wildman–Crippen MR) is 223 cm³/mol. The molecule has 2 saturated carbocycles. The molecule has 18 heteroatoms. The normalized spacial score (nSPS) is 27.7. The number of hydrogen-bond donors (Lipinski definition) is 4. The number of thiazole rings is 1. The average molecular weight is 865 g/mol. The number of fused-ring (bicyclic) bond motifs is 2. The monoisotopic (exact) mass is 864 g/mol. The molecule has 7 rings (SSSR count). The van der Waals surface area contributed by atoms with E-state index in [4.69, 9.17) is 19.2 Å². The van der Waals surface area contributed by atoms with Gasteiger partial charge in [0.1, 0.15) is 35.2 Å². The van der Waals surface area contributed by atoms with E-state index in [1.165, 1.54) is 16.2 Å². The fourth-order valence-electron chi connectivity index (χ4n) is 7.79. The Hall–Kier alpha value is -5.07. The molecule has 1 aromatic carbocycles. The summed E-state index contributed by atoms with van der Waals surface area (Å²) in [5.74, 6) is -1.66. The molecular weight excluding hydrogens is 813 g/mol. The first-order valence-corrected chi connectivity index (χ1v) is 22.7. The summed E-state index contributed by atoms with van der Waals surface area (Å²) in [5, 5.41) is 15.1. The van der Waals surface area contributed by atoms with Crippen LogP contribution in [0.2, 0.25) is 0 Å². The molecule has 0 spiro atoms. The molecule has 0 radical (unpaired) electrons. The Balaban J connectivity index is 1.23. The molecule has 4 N–H and O–H groups in total. The van der Waals surface area contributed by atoms with Crippen LogP contribution in [-0.2, 0) is 29.1 Å². The van der Waals surface area contributed by atoms with Crippen molar-refractivity contribution in [1.29, 1.82) is 0 Å². The quantitative estimate of drug-likeness (QED) is 0.186. The molecule has 1 saturated heterocycles. The molecular formula is C42H52N6O10S2. The van der Waals surface area contributed by atoms with Gasteiger partial charge in [0.05, 0.1) is 51.4 Å². The lowest BCUT2D eigenvalue weighted by Crippen LogP contribution is -2.60. The number of amides is 4. The zero-order valence-electron chi connectivity index (χ0n) is 34.3. The molecule has 16 nitrogen and oxygen atoms in total. The molecule has 2 aromatic heterocycles. The van der Waals surface area contributed by atoms with Gasteiger partial charge in [-0.2, -0.15) is 0 Å². The Kier molecular flexibility index (Phi) is 12.3. The lowest BCUT2D eigenvalue weighted by molar-refractivity contribution is -0.145. The van der Waals surface area contributed by atoms with Crippen molar-refractivity contribution in [3.05, 3.63) is 60.3 Å². The second kappa shape index (κ2) is 17.1. The molecule has 0 unspecified atom stereocenters. The van der Waals surface area contributed by atoms with Crippen LogP contribution in [-0.4, -0.2) is 106 Å². The summed E-state index contributed by atoms with van der Waals surface area (Å²) in [5.41, 5.74) is 2.07. The minimum atomic E-state index is -4.04. The van der Waals surface area contributed by atoms with Crippen molar-refractivity contribution >= 4 is 45.2 Å². The number of pyridine rings is 1. The Labute approximate surface area is 353 Å². The lowest BCUT2D eigenvalue weighted by Gasteiger charge is -2.33. The van der Waals surface area contributed by atoms with Crippen molar-refractivity contribution in [1.82, 2.24) is 30.2 Å². The Morgan fingerprint density at radius 1 is 1.13 bits per heavy atom. The van der Waals surface area contributed by atoms with Gasteiger partial charge in [0.25, 0.3) is 5.91 Å². The van der Waals surface area contributed by atoms with Crippen molar-refractivity contribution in [3.8, 4) is 33.3 Å². The number of rotatable bonds is 11. The van der Waals surface area contributed by atoms with Crippen LogP contribution in [0.5, 0.6) is 11.5 Å². The topological polar surface area (TPSA) is 215 Å². The van der Waals surface area contributed by atoms with E-state index in [0.29, 0.717) is 48.6 Å². The molecule has 2 aliphatic heterocycles. The molecule has 4 heterocycles. The number of nitrogens with one attached hydrogen (secondary N) is 3. The highest BCUT2D eigenvalue weighted by Crippen LogP contribution is 2.47. The van der Waals surface area contributed by atoms with Crippen LogP contribution in [0.4, 0.5) is 4.79 Å². The van der Waals surface area contributed by atoms with Gasteiger partial charge < -0.3 is 34.9 Å². The number of carboxylic acid groups (broad SMARTS) is 1. The number of aromatic nitrogens is 2. The Morgan fingerprint density at radius 2 is 1.87 bits per heavy atom. The Morgan fingerprint density at radius 3 is 2.52 bits per heavy atom. The van der Waals surface area contributed by atoms with Crippen LogP contribution in [0.15, 0.2) is 60.3 Å². The standard InChI is InChI=1S/C42H52N6O10S2/c1-6-34-36(45-40(52)53)38(50)48-22-30(58-29-17-31(44-32(18-29)35-21-43-23-59-35)26-11-13-28(14-12-26)56-24(2)3)19-33(48)37(49)46-42(20-27(42)10-8-7-9-25(4)57-34)39(51)47-60(54,55)41(5)15-16-41/h8,10-14,17-18,21,23-25,27,30,33-34,36,45H,6-7,9,15-16,19-20,22H2,1-5H3,(H,46,49)(H,47,51)(H,52,53)/t25-,27-,30-,33+,34+,36+,42-/m1/s1. The second-order valence-corrected chi connectivity index (χ2v) is 19.7. The van der Waals surface area contributed by atoms with Crippen LogP contribution < -0.4 is 24.8 Å². The van der Waals surface area contributed by atoms with E-state index in [1.54, 1.807) is 43.8 Å². The SMILES string of the molecule is CC[C@@H]1O[C@H](C)CCC=C[C@@H]2C[C@@]2(C(=O)NS(=O)(=O)C2(C)CC2)NC(=O)[C@@H]2C[C@@H](Oc3cc(-c4ccc(OC(C)C)cc4)nc(-c4cncs4)c3)CN2C(=O)[C@H]1NC(=O)O. The molecule has 2 aliphatic carbocycles. The number of sulfonamides is 1. The van der Waals surface area contributed by atoms with Crippen LogP contribution in [0.3, 0.4) is 0 Å². The third kappa shape index (κ3) is 9.29. The van der Waals surface area contributed by atoms with E-state index in [2.05, 4.69) is 20.3 Å². The highest BCUT2D eigenvalue weighted by atomic mass is 32.2. The molecule has 4 aliphatic rings. The lowest BCUT2D eigenvalue weighted by atomic mass is 10.0. The minimum absolute atomic E-state index is 0.00495. The summed E-state index contributed by atoms with van der Waals surface area (Å²) in [4.78, 5) is 66.5. The fourth-order valence-corrected chi connectivity index (χ4v) is 9.69. The molecule has 322 valence electrons. The highest BCUT2D eigenvalue weighted by molar-refractivity contribution is 7.91. The molecule has 3 fully saturated rings. The zero-order valence-corrected chi connectivity index (χ0v) is 35.9. The summed E-state index contributed by atoms with van der Waals surface area (Å²) < 4.78 is 46.3. The fraction of sp³-hybridized carbons (Fsp3) is 0.524. The van der Waals surface area contributed by atoms with Gasteiger partial charge in [0, 0.05) is 36.2 Å². The van der Waals surface area contributed by atoms with Crippen molar-refractivity contribution in [2.45, 2.75) is 126 Å². The third-order valence-corrected chi connectivity index (χ3v) is 14.5. The molecule has 4 amide bonds. The van der Waals surface area contributed by atoms with E-state index in [9.17, 15) is 32.7 Å². The van der Waals surface area contributed by atoms with Gasteiger partial charge in [0.2, 0.25) is 21.8 Å². The van der Waals surface area contributed by atoms with Gasteiger partial charge in [-0.25, -0.2) is 18.2 Å². The second-order valence-electron chi connectivity index (χ2n) is 16.6. The predicted octanol–water partition coefficient (Wildman–Crippen LogP) is 5.05. The van der Waals surface area contributed by atoms with Crippen LogP contribution in [0, 0.1) is 5.92 Å². The number of allylic oxidation sites excluding steroid dienone is 1. The molecule has 7 atom stereocenters. The van der Waals surface area contributed by atoms with Gasteiger partial charge in [-0.15, -0.1) is 11.3 Å². The van der Waals surface area contributed by atoms with E-state index in [0.717, 1.165) is 10.4 Å². The molecule has 0 bridgehead atoms. The van der Waals surface area contributed by atoms with Gasteiger partial charge in [-0.05, 0) is 90.5 Å². The maximum atomic E-state index is 14.7. The van der Waals surface area contributed by atoms with Crippen molar-refractivity contribution in [2.75, 3.05) is 6.54 Å². The summed E-state index contributed by atoms with van der Waals surface area (Å²) in [6.45, 7) is 8.96. The smallest absolute Gasteiger partial charge is 0.405 e. The number of carbonyl (C=O) groups is 4. The first-order chi connectivity index (χ1) is 28.5. The summed E-state index contributed by atoms with van der Waals surface area (Å²) in [7, 11) is -4.04. The van der Waals surface area contributed by atoms with Gasteiger partial charge >= 0.3 is 6.09 Å². The minimum Gasteiger partial charge on any atom is -0.491 e. The van der Waals surface area contributed by atoms with Crippen molar-refractivity contribution < 1.29 is 46.9 Å². The number of ether oxygens (including phenoxy) is 3. The molecule has 60 heavy (non-hydrogen) atoms. The van der Waals surface area contributed by atoms with Crippen LogP contribution >= 0.6 is 11.3 Å². The maximum Gasteiger partial charge on any atom is 0.405 e. The van der Waals surface area contributed by atoms with E-state index in [-0.39, 0.29) is 38.0 Å². The van der Waals surface area contributed by atoms with Crippen LogP contribution in [0.25, 0.3) is 21.8 Å². The van der Waals surface area contributed by atoms with Crippen LogP contribution in [0.1, 0.15) is 79.6 Å². The van der Waals surface area contributed by atoms with Gasteiger partial charge in [0.15, 0.2) is 0 Å². The molecule has 3 aromatic rings. The summed E-state index contributed by atoms with van der Waals surface area (Å²) >= 11 is 1.40. The largest absolute Gasteiger partial charge is 0.491 e. The third-order valence-electron chi connectivity index (χ3n) is 11.6. The van der Waals surface area contributed by atoms with Gasteiger partial charge in [-0.3, -0.25) is 24.1 Å². The maximum absolute atomic E-state index is 14.7. The summed E-state index contributed by atoms with van der Waals surface area (Å²) in [6.07, 6.45) is 4.13. The number of hydrogen-bond acceptors (Lipinski definition) is 12. The first-order valence-electron chi connectivity index (χ1n) is 20.4. The van der Waals surface area contributed by atoms with E-state index < -0.39 is 74.3 Å². The first kappa shape index (κ1) is 43.0. The zero-order chi connectivity index (χ0) is 43.0. The highest BCUT2D eigenvalue weighted by Gasteiger charge is 2.63.